The monoisotopic (exact) mass is 326 g/mol. The molecule has 2 rings (SSSR count). The van der Waals surface area contributed by atoms with Crippen LogP contribution in [0.3, 0.4) is 0 Å². The number of carbonyl (C=O) groups excluding carboxylic acids is 1. The van der Waals surface area contributed by atoms with E-state index in [0.29, 0.717) is 23.5 Å². The molecule has 1 atom stereocenters. The van der Waals surface area contributed by atoms with Crippen LogP contribution in [0.2, 0.25) is 0 Å². The Morgan fingerprint density at radius 3 is 2.84 bits per heavy atom. The smallest absolute Gasteiger partial charge is 0.287 e. The molecule has 0 aliphatic rings. The lowest BCUT2D eigenvalue weighted by atomic mass is 10.2. The van der Waals surface area contributed by atoms with Crippen LogP contribution in [0.25, 0.3) is 0 Å². The van der Waals surface area contributed by atoms with Crippen molar-refractivity contribution < 1.29 is 13.6 Å². The minimum Gasteiger partial charge on any atom is -0.459 e. The molecule has 0 saturated carbocycles. The highest BCUT2D eigenvalue weighted by molar-refractivity contribution is 9.10. The zero-order chi connectivity index (χ0) is 13.7. The molecule has 2 aromatic heterocycles. The van der Waals surface area contributed by atoms with E-state index in [1.165, 1.54) is 6.26 Å². The summed E-state index contributed by atoms with van der Waals surface area (Å²) in [6.45, 7) is 3.16. The molecule has 0 aromatic carbocycles. The van der Waals surface area contributed by atoms with E-state index in [2.05, 4.69) is 26.6 Å². The van der Waals surface area contributed by atoms with Gasteiger partial charge in [0.2, 0.25) is 0 Å². The maximum Gasteiger partial charge on any atom is 0.287 e. The van der Waals surface area contributed by atoms with Crippen molar-refractivity contribution in [1.82, 2.24) is 10.6 Å². The van der Waals surface area contributed by atoms with E-state index in [0.717, 1.165) is 5.76 Å². The van der Waals surface area contributed by atoms with Gasteiger partial charge in [0, 0.05) is 13.1 Å². The minimum atomic E-state index is -0.208. The van der Waals surface area contributed by atoms with Crippen LogP contribution in [-0.2, 0) is 0 Å². The minimum absolute atomic E-state index is 0.0896. The molecule has 0 unspecified atom stereocenters. The number of hydrogen-bond acceptors (Lipinski definition) is 4. The highest BCUT2D eigenvalue weighted by Gasteiger charge is 2.10. The molecule has 0 saturated heterocycles. The summed E-state index contributed by atoms with van der Waals surface area (Å²) in [5, 5.41) is 6.02. The van der Waals surface area contributed by atoms with Gasteiger partial charge in [0.25, 0.3) is 5.91 Å². The van der Waals surface area contributed by atoms with Crippen LogP contribution in [0.1, 0.15) is 29.3 Å². The molecular formula is C13H15BrN2O3. The molecule has 5 nitrogen and oxygen atoms in total. The van der Waals surface area contributed by atoms with Gasteiger partial charge in [-0.1, -0.05) is 0 Å². The third kappa shape index (κ3) is 3.97. The van der Waals surface area contributed by atoms with Crippen LogP contribution in [0.15, 0.2) is 44.0 Å². The predicted octanol–water partition coefficient (Wildman–Crippen LogP) is 2.72. The predicted molar refractivity (Wildman–Crippen MR) is 73.9 cm³/mol. The van der Waals surface area contributed by atoms with Crippen LogP contribution < -0.4 is 10.6 Å². The van der Waals surface area contributed by atoms with Gasteiger partial charge in [-0.05, 0) is 47.1 Å². The van der Waals surface area contributed by atoms with E-state index in [1.54, 1.807) is 12.1 Å². The van der Waals surface area contributed by atoms with E-state index in [-0.39, 0.29) is 11.9 Å². The molecule has 2 aromatic rings. The molecule has 19 heavy (non-hydrogen) atoms. The van der Waals surface area contributed by atoms with Crippen molar-refractivity contribution in [3.05, 3.63) is 46.7 Å². The van der Waals surface area contributed by atoms with Crippen molar-refractivity contribution in [1.29, 1.82) is 0 Å². The van der Waals surface area contributed by atoms with Crippen LogP contribution >= 0.6 is 15.9 Å². The summed E-state index contributed by atoms with van der Waals surface area (Å²) < 4.78 is 11.1. The van der Waals surface area contributed by atoms with Gasteiger partial charge in [-0.15, -0.1) is 0 Å². The zero-order valence-corrected chi connectivity index (χ0v) is 12.1. The fourth-order valence-corrected chi connectivity index (χ4v) is 1.94. The van der Waals surface area contributed by atoms with Crippen molar-refractivity contribution in [3.8, 4) is 0 Å². The van der Waals surface area contributed by atoms with Gasteiger partial charge in [-0.2, -0.15) is 0 Å². The summed E-state index contributed by atoms with van der Waals surface area (Å²) in [4.78, 5) is 11.6. The van der Waals surface area contributed by atoms with Crippen LogP contribution in [-0.4, -0.2) is 19.0 Å². The number of hydrogen-bond donors (Lipinski definition) is 2. The van der Waals surface area contributed by atoms with Gasteiger partial charge in [0.05, 0.1) is 12.3 Å². The molecule has 6 heteroatoms. The molecule has 2 heterocycles. The summed E-state index contributed by atoms with van der Waals surface area (Å²) >= 11 is 3.26. The average molecular weight is 327 g/mol. The van der Waals surface area contributed by atoms with Crippen LogP contribution in [0.5, 0.6) is 0 Å². The fraction of sp³-hybridized carbons (Fsp3) is 0.308. The van der Waals surface area contributed by atoms with Gasteiger partial charge in [-0.25, -0.2) is 0 Å². The second kappa shape index (κ2) is 6.58. The Bertz CT molecular complexity index is 522. The summed E-state index contributed by atoms with van der Waals surface area (Å²) in [6.07, 6.45) is 1.48. The van der Waals surface area contributed by atoms with Gasteiger partial charge in [-0.3, -0.25) is 4.79 Å². The van der Waals surface area contributed by atoms with Gasteiger partial charge in [0.15, 0.2) is 10.4 Å². The van der Waals surface area contributed by atoms with Gasteiger partial charge in [0.1, 0.15) is 5.76 Å². The van der Waals surface area contributed by atoms with Crippen molar-refractivity contribution in [2.45, 2.75) is 13.0 Å². The second-order valence-corrected chi connectivity index (χ2v) is 4.83. The molecule has 1 amide bonds. The lowest BCUT2D eigenvalue weighted by Crippen LogP contribution is -2.32. The van der Waals surface area contributed by atoms with Crippen molar-refractivity contribution in [2.24, 2.45) is 0 Å². The Morgan fingerprint density at radius 2 is 2.21 bits per heavy atom. The van der Waals surface area contributed by atoms with E-state index in [4.69, 9.17) is 8.83 Å². The Balaban J connectivity index is 1.68. The van der Waals surface area contributed by atoms with E-state index >= 15 is 0 Å². The third-order valence-electron chi connectivity index (χ3n) is 2.63. The standard InChI is InChI=1S/C13H15BrN2O3/c1-9(10-4-5-12(14)19-10)15-6-7-16-13(17)11-3-2-8-18-11/h2-5,8-9,15H,6-7H2,1H3,(H,16,17)/t9-/m0/s1. The first-order valence-corrected chi connectivity index (χ1v) is 6.76. The lowest BCUT2D eigenvalue weighted by Gasteiger charge is -2.11. The summed E-state index contributed by atoms with van der Waals surface area (Å²) in [5.74, 6) is 0.965. The maximum absolute atomic E-state index is 11.6. The van der Waals surface area contributed by atoms with Crippen LogP contribution in [0, 0.1) is 0 Å². The molecular weight excluding hydrogens is 312 g/mol. The summed E-state index contributed by atoms with van der Waals surface area (Å²) in [5.41, 5.74) is 0. The van der Waals surface area contributed by atoms with Crippen molar-refractivity contribution in [2.75, 3.05) is 13.1 Å². The quantitative estimate of drug-likeness (QED) is 0.801. The van der Waals surface area contributed by atoms with Gasteiger partial charge >= 0.3 is 0 Å². The normalized spacial score (nSPS) is 12.3. The molecule has 2 N–H and O–H groups in total. The largest absolute Gasteiger partial charge is 0.459 e. The molecule has 0 radical (unpaired) electrons. The maximum atomic E-state index is 11.6. The van der Waals surface area contributed by atoms with Crippen molar-refractivity contribution in [3.63, 3.8) is 0 Å². The molecule has 0 bridgehead atoms. The van der Waals surface area contributed by atoms with E-state index in [1.807, 2.05) is 19.1 Å². The third-order valence-corrected chi connectivity index (χ3v) is 3.05. The summed E-state index contributed by atoms with van der Waals surface area (Å²) in [6, 6.07) is 7.16. The number of nitrogens with one attached hydrogen (secondary N) is 2. The van der Waals surface area contributed by atoms with Crippen LogP contribution in [0.4, 0.5) is 0 Å². The fourth-order valence-electron chi connectivity index (χ4n) is 1.62. The first-order valence-electron chi connectivity index (χ1n) is 5.97. The number of furan rings is 2. The summed E-state index contributed by atoms with van der Waals surface area (Å²) in [7, 11) is 0. The van der Waals surface area contributed by atoms with E-state index < -0.39 is 0 Å². The Morgan fingerprint density at radius 1 is 1.37 bits per heavy atom. The Kier molecular flexibility index (Phi) is 4.81. The van der Waals surface area contributed by atoms with Crippen molar-refractivity contribution >= 4 is 21.8 Å². The number of halogens is 1. The molecule has 0 fully saturated rings. The number of rotatable bonds is 6. The lowest BCUT2D eigenvalue weighted by molar-refractivity contribution is 0.0926. The molecule has 0 aliphatic heterocycles. The molecule has 0 aliphatic carbocycles. The molecule has 102 valence electrons. The molecule has 0 spiro atoms. The Labute approximate surface area is 119 Å². The SMILES string of the molecule is C[C@H](NCCNC(=O)c1ccco1)c1ccc(Br)o1. The average Bonchev–Trinajstić information content (AvgIpc) is 3.04. The highest BCUT2D eigenvalue weighted by Crippen LogP contribution is 2.19. The second-order valence-electron chi connectivity index (χ2n) is 4.05. The first kappa shape index (κ1) is 13.9. The highest BCUT2D eigenvalue weighted by atomic mass is 79.9. The number of amides is 1. The number of carbonyl (C=O) groups is 1. The first-order chi connectivity index (χ1) is 9.16. The van der Waals surface area contributed by atoms with E-state index in [9.17, 15) is 4.79 Å². The topological polar surface area (TPSA) is 67.4 Å². The zero-order valence-electron chi connectivity index (χ0n) is 10.5. The Hall–Kier alpha value is -1.53. The van der Waals surface area contributed by atoms with Gasteiger partial charge < -0.3 is 19.5 Å².